The van der Waals surface area contributed by atoms with Gasteiger partial charge in [0, 0.05) is 19.2 Å². The summed E-state index contributed by atoms with van der Waals surface area (Å²) in [5.74, 6) is 0.176. The largest absolute Gasteiger partial charge is 0.497 e. The summed E-state index contributed by atoms with van der Waals surface area (Å²) in [7, 11) is -1.13. The van der Waals surface area contributed by atoms with Gasteiger partial charge in [-0.15, -0.1) is 0 Å². The van der Waals surface area contributed by atoms with Crippen molar-refractivity contribution in [1.82, 2.24) is 10.2 Å². The third-order valence-corrected chi connectivity index (χ3v) is 8.22. The van der Waals surface area contributed by atoms with Gasteiger partial charge < -0.3 is 19.7 Å². The lowest BCUT2D eigenvalue weighted by Crippen LogP contribution is -2.51. The Bertz CT molecular complexity index is 1410. The highest BCUT2D eigenvalue weighted by atomic mass is 32.2. The van der Waals surface area contributed by atoms with Crippen molar-refractivity contribution in [2.45, 2.75) is 44.7 Å². The fourth-order valence-electron chi connectivity index (χ4n) is 4.08. The molecule has 3 aromatic rings. The van der Waals surface area contributed by atoms with Gasteiger partial charge in [-0.2, -0.15) is 0 Å². The van der Waals surface area contributed by atoms with Crippen molar-refractivity contribution in [2.24, 2.45) is 0 Å². The van der Waals surface area contributed by atoms with Crippen LogP contribution in [0.2, 0.25) is 0 Å². The molecule has 3 rings (SSSR count). The fourth-order valence-corrected chi connectivity index (χ4v) is 5.48. The number of anilines is 1. The molecule has 10 heteroatoms. The summed E-state index contributed by atoms with van der Waals surface area (Å²) in [6.07, 6.45) is 0.737. The number of benzene rings is 3. The molecule has 0 aliphatic heterocycles. The van der Waals surface area contributed by atoms with Crippen LogP contribution in [0.4, 0.5) is 5.69 Å². The van der Waals surface area contributed by atoms with Crippen LogP contribution < -0.4 is 19.1 Å². The van der Waals surface area contributed by atoms with Gasteiger partial charge in [-0.3, -0.25) is 13.9 Å². The molecule has 0 spiro atoms. The summed E-state index contributed by atoms with van der Waals surface area (Å²) in [5, 5.41) is 2.83. The lowest BCUT2D eigenvalue weighted by molar-refractivity contribution is -0.139. The number of nitrogens with one attached hydrogen (secondary N) is 1. The molecule has 0 heterocycles. The summed E-state index contributed by atoms with van der Waals surface area (Å²) in [5.41, 5.74) is 1.90. The highest BCUT2D eigenvalue weighted by molar-refractivity contribution is 7.92. The maximum absolute atomic E-state index is 14.0. The zero-order valence-electron chi connectivity index (χ0n) is 23.6. The second kappa shape index (κ2) is 13.8. The minimum Gasteiger partial charge on any atom is -0.497 e. The van der Waals surface area contributed by atoms with Crippen LogP contribution in [0.25, 0.3) is 0 Å². The van der Waals surface area contributed by atoms with Gasteiger partial charge in [-0.05, 0) is 62.2 Å². The van der Waals surface area contributed by atoms with Crippen LogP contribution in [0.1, 0.15) is 31.4 Å². The zero-order chi connectivity index (χ0) is 29.3. The van der Waals surface area contributed by atoms with Crippen LogP contribution in [0.3, 0.4) is 0 Å². The molecule has 0 fully saturated rings. The first-order valence-electron chi connectivity index (χ1n) is 13.0. The number of hydrogen-bond donors (Lipinski definition) is 1. The van der Waals surface area contributed by atoms with E-state index in [-0.39, 0.29) is 23.0 Å². The number of carbonyl (C=O) groups excluding carboxylic acids is 2. The van der Waals surface area contributed by atoms with Crippen LogP contribution >= 0.6 is 0 Å². The first-order chi connectivity index (χ1) is 19.1. The predicted octanol–water partition coefficient (Wildman–Crippen LogP) is 4.15. The second-order valence-electron chi connectivity index (χ2n) is 9.37. The van der Waals surface area contributed by atoms with Gasteiger partial charge in [0.2, 0.25) is 11.8 Å². The highest BCUT2D eigenvalue weighted by Gasteiger charge is 2.32. The van der Waals surface area contributed by atoms with Crippen molar-refractivity contribution in [3.8, 4) is 11.5 Å². The average molecular weight is 568 g/mol. The normalized spacial score (nSPS) is 11.8. The Balaban J connectivity index is 2.04. The van der Waals surface area contributed by atoms with Gasteiger partial charge in [0.05, 0.1) is 24.8 Å². The van der Waals surface area contributed by atoms with Crippen molar-refractivity contribution in [1.29, 1.82) is 0 Å². The second-order valence-corrected chi connectivity index (χ2v) is 11.2. The van der Waals surface area contributed by atoms with Crippen molar-refractivity contribution < 1.29 is 27.5 Å². The number of nitrogens with zero attached hydrogens (tertiary/aromatic N) is 2. The molecule has 1 unspecified atom stereocenters. The van der Waals surface area contributed by atoms with Crippen LogP contribution in [-0.2, 0) is 26.2 Å². The number of methoxy groups -OCH3 is 2. The molecular formula is C30H37N3O6S. The molecule has 1 N–H and O–H groups in total. The van der Waals surface area contributed by atoms with E-state index in [2.05, 4.69) is 5.32 Å². The van der Waals surface area contributed by atoms with Crippen LogP contribution in [0.15, 0.2) is 77.7 Å². The molecule has 40 heavy (non-hydrogen) atoms. The number of aryl methyl sites for hydroxylation is 1. The Hall–Kier alpha value is -4.05. The van der Waals surface area contributed by atoms with Gasteiger partial charge in [-0.25, -0.2) is 8.42 Å². The first kappa shape index (κ1) is 30.5. The minimum absolute atomic E-state index is 0.0433. The fraction of sp³-hybridized carbons (Fsp3) is 0.333. The predicted molar refractivity (Wildman–Crippen MR) is 155 cm³/mol. The number of amides is 2. The van der Waals surface area contributed by atoms with E-state index in [4.69, 9.17) is 9.47 Å². The number of carbonyl (C=O) groups is 2. The van der Waals surface area contributed by atoms with Crippen molar-refractivity contribution >= 4 is 27.5 Å². The van der Waals surface area contributed by atoms with Crippen molar-refractivity contribution in [3.05, 3.63) is 83.9 Å². The topological polar surface area (TPSA) is 105 Å². The number of sulfonamides is 1. The standard InChI is InChI=1S/C30H37N3O6S/c1-6-17-31-30(35)23(3)32(20-24-9-7-11-26(18-24)38-4)29(34)21-33(25-10-8-12-27(19-25)39-5)40(36,37)28-15-13-22(2)14-16-28/h7-16,18-19,23H,6,17,20-21H2,1-5H3,(H,31,35). The summed E-state index contributed by atoms with van der Waals surface area (Å²) in [4.78, 5) is 28.4. The summed E-state index contributed by atoms with van der Waals surface area (Å²) < 4.78 is 39.5. The van der Waals surface area contributed by atoms with E-state index in [1.165, 1.54) is 24.1 Å². The molecule has 2 amide bonds. The quantitative estimate of drug-likeness (QED) is 0.333. The van der Waals surface area contributed by atoms with Gasteiger partial charge in [0.15, 0.2) is 0 Å². The van der Waals surface area contributed by atoms with Crippen LogP contribution in [0.5, 0.6) is 11.5 Å². The smallest absolute Gasteiger partial charge is 0.264 e. The number of ether oxygens (including phenoxy) is 2. The molecule has 3 aromatic carbocycles. The lowest BCUT2D eigenvalue weighted by Gasteiger charge is -2.32. The van der Waals surface area contributed by atoms with Gasteiger partial charge in [0.1, 0.15) is 24.1 Å². The Morgan fingerprint density at radius 1 is 0.925 bits per heavy atom. The third kappa shape index (κ3) is 7.53. The maximum atomic E-state index is 14.0. The zero-order valence-corrected chi connectivity index (χ0v) is 24.4. The molecule has 214 valence electrons. The molecule has 0 radical (unpaired) electrons. The third-order valence-electron chi connectivity index (χ3n) is 6.43. The van der Waals surface area contributed by atoms with E-state index in [0.29, 0.717) is 18.0 Å². The van der Waals surface area contributed by atoms with E-state index in [1.807, 2.05) is 19.9 Å². The molecule has 0 aliphatic rings. The Kier molecular flexibility index (Phi) is 10.6. The minimum atomic E-state index is -4.16. The molecule has 0 saturated carbocycles. The molecule has 9 nitrogen and oxygen atoms in total. The molecule has 0 aromatic heterocycles. The van der Waals surface area contributed by atoms with Crippen LogP contribution in [0, 0.1) is 6.92 Å². The highest BCUT2D eigenvalue weighted by Crippen LogP contribution is 2.28. The molecule has 1 atom stereocenters. The van der Waals surface area contributed by atoms with Gasteiger partial charge >= 0.3 is 0 Å². The van der Waals surface area contributed by atoms with Crippen molar-refractivity contribution in [3.63, 3.8) is 0 Å². The molecule has 0 aliphatic carbocycles. The monoisotopic (exact) mass is 567 g/mol. The van der Waals surface area contributed by atoms with E-state index in [0.717, 1.165) is 21.9 Å². The molecule has 0 saturated heterocycles. The number of rotatable bonds is 13. The number of hydrogen-bond acceptors (Lipinski definition) is 6. The lowest BCUT2D eigenvalue weighted by atomic mass is 10.1. The summed E-state index contributed by atoms with van der Waals surface area (Å²) in [6, 6.07) is 19.3. The molecule has 0 bridgehead atoms. The summed E-state index contributed by atoms with van der Waals surface area (Å²) >= 11 is 0. The van der Waals surface area contributed by atoms with Gasteiger partial charge in [-0.1, -0.05) is 42.8 Å². The Labute approximate surface area is 236 Å². The van der Waals surface area contributed by atoms with E-state index in [1.54, 1.807) is 68.6 Å². The van der Waals surface area contributed by atoms with E-state index < -0.39 is 28.5 Å². The van der Waals surface area contributed by atoms with Crippen LogP contribution in [-0.4, -0.2) is 58.5 Å². The Morgan fingerprint density at radius 2 is 1.55 bits per heavy atom. The van der Waals surface area contributed by atoms with Gasteiger partial charge in [0.25, 0.3) is 10.0 Å². The SMILES string of the molecule is CCCNC(=O)C(C)N(Cc1cccc(OC)c1)C(=O)CN(c1cccc(OC)c1)S(=O)(=O)c1ccc(C)cc1. The van der Waals surface area contributed by atoms with E-state index in [9.17, 15) is 18.0 Å². The average Bonchev–Trinajstić information content (AvgIpc) is 2.97. The van der Waals surface area contributed by atoms with E-state index >= 15 is 0 Å². The summed E-state index contributed by atoms with van der Waals surface area (Å²) in [6.45, 7) is 5.44. The van der Waals surface area contributed by atoms with Crippen molar-refractivity contribution in [2.75, 3.05) is 31.6 Å². The molecular weight excluding hydrogens is 530 g/mol. The maximum Gasteiger partial charge on any atom is 0.264 e. The first-order valence-corrected chi connectivity index (χ1v) is 14.5. The Morgan fingerprint density at radius 3 is 2.17 bits per heavy atom.